The van der Waals surface area contributed by atoms with Crippen LogP contribution in [-0.2, 0) is 21.5 Å². The minimum absolute atomic E-state index is 0.0355. The smallest absolute Gasteiger partial charge is 0.231 e. The SMILES string of the molecule is O=C(NCc1nccs1)C1(c2ccc(Cl)cc2)CCOCC1. The zero-order valence-electron chi connectivity index (χ0n) is 12.0. The van der Waals surface area contributed by atoms with Gasteiger partial charge in [-0.2, -0.15) is 0 Å². The maximum atomic E-state index is 12.9. The Morgan fingerprint density at radius 1 is 1.32 bits per heavy atom. The van der Waals surface area contributed by atoms with Crippen molar-refractivity contribution >= 4 is 28.8 Å². The van der Waals surface area contributed by atoms with E-state index in [0.717, 1.165) is 10.6 Å². The molecule has 0 aliphatic carbocycles. The average Bonchev–Trinajstić information content (AvgIpc) is 3.07. The summed E-state index contributed by atoms with van der Waals surface area (Å²) in [6.45, 7) is 1.65. The van der Waals surface area contributed by atoms with Crippen LogP contribution in [0.3, 0.4) is 0 Å². The average molecular weight is 337 g/mol. The summed E-state index contributed by atoms with van der Waals surface area (Å²) in [6.07, 6.45) is 3.10. The molecule has 0 saturated carbocycles. The number of hydrogen-bond acceptors (Lipinski definition) is 4. The highest BCUT2D eigenvalue weighted by molar-refractivity contribution is 7.09. The second kappa shape index (κ2) is 6.77. The van der Waals surface area contributed by atoms with E-state index in [1.165, 1.54) is 0 Å². The number of carbonyl (C=O) groups excluding carboxylic acids is 1. The topological polar surface area (TPSA) is 51.2 Å². The first-order valence-electron chi connectivity index (χ1n) is 7.21. The molecule has 0 unspecified atom stereocenters. The van der Waals surface area contributed by atoms with Crippen molar-refractivity contribution in [2.24, 2.45) is 0 Å². The first-order valence-corrected chi connectivity index (χ1v) is 8.47. The highest BCUT2D eigenvalue weighted by atomic mass is 35.5. The van der Waals surface area contributed by atoms with Crippen molar-refractivity contribution in [1.82, 2.24) is 10.3 Å². The Kier molecular flexibility index (Phi) is 4.76. The molecule has 1 N–H and O–H groups in total. The Labute approximate surface area is 138 Å². The van der Waals surface area contributed by atoms with Crippen molar-refractivity contribution in [3.8, 4) is 0 Å². The van der Waals surface area contributed by atoms with E-state index in [-0.39, 0.29) is 5.91 Å². The summed E-state index contributed by atoms with van der Waals surface area (Å²) in [5.74, 6) is 0.0355. The fourth-order valence-corrected chi connectivity index (χ4v) is 3.48. The lowest BCUT2D eigenvalue weighted by Crippen LogP contribution is -2.47. The van der Waals surface area contributed by atoms with Gasteiger partial charge in [0.1, 0.15) is 5.01 Å². The fraction of sp³-hybridized carbons (Fsp3) is 0.375. The number of hydrogen-bond donors (Lipinski definition) is 1. The van der Waals surface area contributed by atoms with E-state index in [1.54, 1.807) is 17.5 Å². The predicted octanol–water partition coefficient (Wildman–Crippen LogP) is 3.16. The molecule has 1 aromatic heterocycles. The molecule has 0 spiro atoms. The third-order valence-corrected chi connectivity index (χ3v) is 5.09. The van der Waals surface area contributed by atoms with Crippen LogP contribution in [0.5, 0.6) is 0 Å². The number of nitrogens with zero attached hydrogens (tertiary/aromatic N) is 1. The number of ether oxygens (including phenoxy) is 1. The van der Waals surface area contributed by atoms with Gasteiger partial charge in [-0.15, -0.1) is 11.3 Å². The van der Waals surface area contributed by atoms with Gasteiger partial charge < -0.3 is 10.1 Å². The van der Waals surface area contributed by atoms with Crippen LogP contribution in [-0.4, -0.2) is 24.1 Å². The summed E-state index contributed by atoms with van der Waals surface area (Å²) in [5.41, 5.74) is 0.456. The first-order chi connectivity index (χ1) is 10.7. The van der Waals surface area contributed by atoms with Crippen LogP contribution < -0.4 is 5.32 Å². The molecule has 0 radical (unpaired) electrons. The molecular weight excluding hydrogens is 320 g/mol. The Balaban J connectivity index is 1.81. The summed E-state index contributed by atoms with van der Waals surface area (Å²) < 4.78 is 5.45. The number of halogens is 1. The molecule has 0 bridgehead atoms. The van der Waals surface area contributed by atoms with Crippen LogP contribution in [0.25, 0.3) is 0 Å². The van der Waals surface area contributed by atoms with Crippen LogP contribution in [0.4, 0.5) is 0 Å². The molecule has 2 aromatic rings. The molecule has 1 amide bonds. The molecule has 6 heteroatoms. The number of rotatable bonds is 4. The number of aromatic nitrogens is 1. The van der Waals surface area contributed by atoms with Crippen LogP contribution in [0.2, 0.25) is 5.02 Å². The second-order valence-electron chi connectivity index (χ2n) is 5.31. The van der Waals surface area contributed by atoms with Crippen molar-refractivity contribution in [1.29, 1.82) is 0 Å². The van der Waals surface area contributed by atoms with Crippen LogP contribution >= 0.6 is 22.9 Å². The molecule has 116 valence electrons. The molecule has 4 nitrogen and oxygen atoms in total. The van der Waals surface area contributed by atoms with Gasteiger partial charge in [-0.1, -0.05) is 23.7 Å². The minimum Gasteiger partial charge on any atom is -0.381 e. The number of amides is 1. The molecule has 1 aromatic carbocycles. The summed E-state index contributed by atoms with van der Waals surface area (Å²) in [5, 5.41) is 6.52. The molecule has 0 atom stereocenters. The predicted molar refractivity (Wildman–Crippen MR) is 87.1 cm³/mol. The lowest BCUT2D eigenvalue weighted by atomic mass is 9.73. The number of carbonyl (C=O) groups is 1. The molecule has 22 heavy (non-hydrogen) atoms. The van der Waals surface area contributed by atoms with Gasteiger partial charge in [0.05, 0.1) is 12.0 Å². The maximum absolute atomic E-state index is 12.9. The monoisotopic (exact) mass is 336 g/mol. The maximum Gasteiger partial charge on any atom is 0.231 e. The van der Waals surface area contributed by atoms with Crippen molar-refractivity contribution in [2.75, 3.05) is 13.2 Å². The minimum atomic E-state index is -0.542. The van der Waals surface area contributed by atoms with Crippen LogP contribution in [0.1, 0.15) is 23.4 Å². The molecule has 1 aliphatic heterocycles. The van der Waals surface area contributed by atoms with E-state index >= 15 is 0 Å². The van der Waals surface area contributed by atoms with E-state index in [0.29, 0.717) is 37.6 Å². The van der Waals surface area contributed by atoms with Gasteiger partial charge in [-0.05, 0) is 30.5 Å². The van der Waals surface area contributed by atoms with E-state index in [9.17, 15) is 4.79 Å². The number of thiazole rings is 1. The third kappa shape index (κ3) is 3.16. The summed E-state index contributed by atoms with van der Waals surface area (Å²) >= 11 is 7.51. The van der Waals surface area contributed by atoms with Gasteiger partial charge in [-0.3, -0.25) is 4.79 Å². The molecule has 1 fully saturated rings. The fourth-order valence-electron chi connectivity index (χ4n) is 2.80. The number of nitrogens with one attached hydrogen (secondary N) is 1. The number of benzene rings is 1. The van der Waals surface area contributed by atoms with Crippen LogP contribution in [0.15, 0.2) is 35.8 Å². The largest absolute Gasteiger partial charge is 0.381 e. The van der Waals surface area contributed by atoms with E-state index in [2.05, 4.69) is 10.3 Å². The summed E-state index contributed by atoms with van der Waals surface area (Å²) in [7, 11) is 0. The van der Waals surface area contributed by atoms with Gasteiger partial charge in [0.15, 0.2) is 0 Å². The molecule has 3 rings (SSSR count). The van der Waals surface area contributed by atoms with Gasteiger partial charge in [0, 0.05) is 29.8 Å². The van der Waals surface area contributed by atoms with Crippen LogP contribution in [0, 0.1) is 0 Å². The summed E-state index contributed by atoms with van der Waals surface area (Å²) in [6, 6.07) is 7.55. The van der Waals surface area contributed by atoms with Gasteiger partial charge in [0.2, 0.25) is 5.91 Å². The Morgan fingerprint density at radius 3 is 2.68 bits per heavy atom. The van der Waals surface area contributed by atoms with Crippen molar-refractivity contribution in [2.45, 2.75) is 24.8 Å². The van der Waals surface area contributed by atoms with Crippen molar-refractivity contribution in [3.05, 3.63) is 51.4 Å². The van der Waals surface area contributed by atoms with Crippen molar-refractivity contribution in [3.63, 3.8) is 0 Å². The summed E-state index contributed by atoms with van der Waals surface area (Å²) in [4.78, 5) is 17.1. The zero-order valence-corrected chi connectivity index (χ0v) is 13.6. The Bertz CT molecular complexity index is 622. The second-order valence-corrected chi connectivity index (χ2v) is 6.73. The zero-order chi connectivity index (χ0) is 15.4. The van der Waals surface area contributed by atoms with Crippen molar-refractivity contribution < 1.29 is 9.53 Å². The normalized spacial score (nSPS) is 17.1. The van der Waals surface area contributed by atoms with Gasteiger partial charge >= 0.3 is 0 Å². The molecular formula is C16H17ClN2O2S. The highest BCUT2D eigenvalue weighted by Gasteiger charge is 2.41. The Morgan fingerprint density at radius 2 is 2.05 bits per heavy atom. The van der Waals surface area contributed by atoms with E-state index in [1.807, 2.05) is 29.6 Å². The Hall–Kier alpha value is -1.43. The molecule has 1 aliphatic rings. The highest BCUT2D eigenvalue weighted by Crippen LogP contribution is 2.35. The lowest BCUT2D eigenvalue weighted by molar-refractivity contribution is -0.130. The standard InChI is InChI=1S/C16H17ClN2O2S/c17-13-3-1-12(2-4-13)16(5-8-21-9-6-16)15(20)19-11-14-18-7-10-22-14/h1-4,7,10H,5-6,8-9,11H2,(H,19,20). The van der Waals surface area contributed by atoms with E-state index in [4.69, 9.17) is 16.3 Å². The third-order valence-electron chi connectivity index (χ3n) is 4.06. The first kappa shape index (κ1) is 15.5. The molecule has 2 heterocycles. The van der Waals surface area contributed by atoms with Gasteiger partial charge in [0.25, 0.3) is 0 Å². The quantitative estimate of drug-likeness (QED) is 0.933. The lowest BCUT2D eigenvalue weighted by Gasteiger charge is -2.36. The van der Waals surface area contributed by atoms with Gasteiger partial charge in [-0.25, -0.2) is 4.98 Å². The van der Waals surface area contributed by atoms with E-state index < -0.39 is 5.41 Å². The molecule has 1 saturated heterocycles.